The second-order valence-electron chi connectivity index (χ2n) is 2.99. The summed E-state index contributed by atoms with van der Waals surface area (Å²) in [5, 5.41) is 0. The fourth-order valence-electron chi connectivity index (χ4n) is 1.61. The van der Waals surface area contributed by atoms with Gasteiger partial charge < -0.3 is 22.9 Å². The van der Waals surface area contributed by atoms with Crippen molar-refractivity contribution in [2.24, 2.45) is 22.9 Å². The van der Waals surface area contributed by atoms with E-state index >= 15 is 0 Å². The maximum absolute atomic E-state index is 5.89. The Morgan fingerprint density at radius 3 is 2.12 bits per heavy atom. The molecule has 100 valence electrons. The van der Waals surface area contributed by atoms with E-state index in [-0.39, 0.29) is 6.04 Å². The maximum atomic E-state index is 5.89. The Hall–Kier alpha value is -0.460. The summed E-state index contributed by atoms with van der Waals surface area (Å²) in [7, 11) is 4.50. The van der Waals surface area contributed by atoms with Crippen LogP contribution in [-0.4, -0.2) is 21.1 Å². The van der Waals surface area contributed by atoms with Crippen LogP contribution in [0.5, 0.6) is 0 Å². The van der Waals surface area contributed by atoms with Gasteiger partial charge in [0.25, 0.3) is 0 Å². The molecule has 0 saturated carbocycles. The van der Waals surface area contributed by atoms with Crippen molar-refractivity contribution in [2.45, 2.75) is 18.9 Å². The molecule has 17 heavy (non-hydrogen) atoms. The number of nitrogens with two attached hydrogens (primary N) is 4. The summed E-state index contributed by atoms with van der Waals surface area (Å²) < 4.78 is 1.13. The van der Waals surface area contributed by atoms with Crippen molar-refractivity contribution < 1.29 is 0 Å². The minimum absolute atomic E-state index is 0.266. The van der Waals surface area contributed by atoms with Gasteiger partial charge in [0.2, 0.25) is 0 Å². The molecule has 5 heteroatoms. The summed E-state index contributed by atoms with van der Waals surface area (Å²) in [6, 6.07) is 6.64. The van der Waals surface area contributed by atoms with Gasteiger partial charge in [-0.25, -0.2) is 0 Å². The van der Waals surface area contributed by atoms with E-state index in [0.717, 1.165) is 17.3 Å². The topological polar surface area (TPSA) is 104 Å². The molecule has 0 amide bonds. The Bertz CT molecular complexity index is 292. The summed E-state index contributed by atoms with van der Waals surface area (Å²) in [6.45, 7) is 0. The van der Waals surface area contributed by atoms with E-state index in [1.54, 1.807) is 0 Å². The van der Waals surface area contributed by atoms with Gasteiger partial charge in [-0.05, 0) is 57.2 Å². The molecule has 0 aliphatic heterocycles. The number of fused-ring (bicyclic) bond motifs is 1. The molecule has 0 radical (unpaired) electrons. The van der Waals surface area contributed by atoms with E-state index in [4.69, 9.17) is 5.73 Å². The van der Waals surface area contributed by atoms with Crippen molar-refractivity contribution in [3.63, 3.8) is 0 Å². The number of hydrogen-bond acceptors (Lipinski definition) is 4. The first-order valence-corrected chi connectivity index (χ1v) is 6.34. The van der Waals surface area contributed by atoms with Crippen LogP contribution in [0.1, 0.15) is 23.6 Å². The molecule has 0 aromatic heterocycles. The summed E-state index contributed by atoms with van der Waals surface area (Å²) in [5.41, 5.74) is 22.1. The average Bonchev–Trinajstić information content (AvgIpc) is 2.78. The van der Waals surface area contributed by atoms with Gasteiger partial charge in [-0.3, -0.25) is 0 Å². The molecule has 8 N–H and O–H groups in total. The maximum Gasteiger partial charge on any atom is 0.0301 e. The van der Waals surface area contributed by atoms with Gasteiger partial charge in [-0.2, -0.15) is 0 Å². The SMILES string of the molecule is CN.CN.CN.NC1CCc2ccc(Br)cc21. The van der Waals surface area contributed by atoms with Gasteiger partial charge in [0, 0.05) is 10.5 Å². The Balaban J connectivity index is 0. The molecule has 1 aromatic carbocycles. The van der Waals surface area contributed by atoms with E-state index < -0.39 is 0 Å². The zero-order valence-electron chi connectivity index (χ0n) is 10.9. The molecular formula is C12H25BrN4. The zero-order chi connectivity index (χ0) is 13.8. The monoisotopic (exact) mass is 304 g/mol. The second-order valence-corrected chi connectivity index (χ2v) is 3.90. The van der Waals surface area contributed by atoms with Gasteiger partial charge in [0.1, 0.15) is 0 Å². The van der Waals surface area contributed by atoms with E-state index in [0.29, 0.717) is 0 Å². The molecule has 0 saturated heterocycles. The largest absolute Gasteiger partial charge is 0.333 e. The molecule has 0 fully saturated rings. The summed E-state index contributed by atoms with van der Waals surface area (Å²) >= 11 is 3.44. The Morgan fingerprint density at radius 1 is 1.06 bits per heavy atom. The van der Waals surface area contributed by atoms with Crippen molar-refractivity contribution in [1.29, 1.82) is 0 Å². The fraction of sp³-hybridized carbons (Fsp3) is 0.500. The van der Waals surface area contributed by atoms with E-state index in [1.165, 1.54) is 32.3 Å². The first kappa shape index (κ1) is 18.9. The highest BCUT2D eigenvalue weighted by Crippen LogP contribution is 2.30. The predicted octanol–water partition coefficient (Wildman–Crippen LogP) is 1.12. The van der Waals surface area contributed by atoms with Gasteiger partial charge in [-0.15, -0.1) is 0 Å². The number of aryl methyl sites for hydroxylation is 1. The lowest BCUT2D eigenvalue weighted by molar-refractivity contribution is 0.713. The molecule has 1 aliphatic rings. The molecule has 1 unspecified atom stereocenters. The first-order valence-electron chi connectivity index (χ1n) is 5.54. The first-order chi connectivity index (χ1) is 8.27. The minimum Gasteiger partial charge on any atom is -0.333 e. The normalized spacial score (nSPS) is 15.2. The van der Waals surface area contributed by atoms with Gasteiger partial charge in [0.15, 0.2) is 0 Å². The van der Waals surface area contributed by atoms with E-state index in [9.17, 15) is 0 Å². The molecular weight excluding hydrogens is 280 g/mol. The third-order valence-electron chi connectivity index (χ3n) is 2.23. The molecule has 4 nitrogen and oxygen atoms in total. The zero-order valence-corrected chi connectivity index (χ0v) is 12.5. The van der Waals surface area contributed by atoms with Gasteiger partial charge in [-0.1, -0.05) is 22.0 Å². The van der Waals surface area contributed by atoms with Crippen LogP contribution in [0.2, 0.25) is 0 Å². The summed E-state index contributed by atoms with van der Waals surface area (Å²) in [4.78, 5) is 0. The highest BCUT2D eigenvalue weighted by molar-refractivity contribution is 9.10. The van der Waals surface area contributed by atoms with Crippen molar-refractivity contribution in [3.8, 4) is 0 Å². The predicted molar refractivity (Wildman–Crippen MR) is 79.7 cm³/mol. The van der Waals surface area contributed by atoms with Crippen LogP contribution in [0, 0.1) is 0 Å². The molecule has 0 heterocycles. The van der Waals surface area contributed by atoms with Crippen LogP contribution >= 0.6 is 15.9 Å². The summed E-state index contributed by atoms with van der Waals surface area (Å²) in [5.74, 6) is 0. The third kappa shape index (κ3) is 6.14. The quantitative estimate of drug-likeness (QED) is 0.576. The van der Waals surface area contributed by atoms with E-state index in [2.05, 4.69) is 51.3 Å². The number of hydrogen-bond donors (Lipinski definition) is 4. The molecule has 2 rings (SSSR count). The van der Waals surface area contributed by atoms with Crippen molar-refractivity contribution in [1.82, 2.24) is 0 Å². The molecule has 1 atom stereocenters. The van der Waals surface area contributed by atoms with Crippen LogP contribution in [0.3, 0.4) is 0 Å². The lowest BCUT2D eigenvalue weighted by atomic mass is 10.1. The second kappa shape index (κ2) is 12.0. The lowest BCUT2D eigenvalue weighted by Gasteiger charge is -2.03. The van der Waals surface area contributed by atoms with Gasteiger partial charge >= 0.3 is 0 Å². The molecule has 1 aliphatic carbocycles. The van der Waals surface area contributed by atoms with Crippen LogP contribution in [-0.2, 0) is 6.42 Å². The number of rotatable bonds is 0. The third-order valence-corrected chi connectivity index (χ3v) is 2.73. The number of benzene rings is 1. The fourth-order valence-corrected chi connectivity index (χ4v) is 1.98. The Morgan fingerprint density at radius 2 is 1.59 bits per heavy atom. The highest BCUT2D eigenvalue weighted by Gasteiger charge is 2.18. The standard InChI is InChI=1S/C9H10BrN.3CH5N/c10-7-3-1-6-2-4-9(11)8(6)5-7;3*1-2/h1,3,5,9H,2,4,11H2;3*2H2,1H3. The van der Waals surface area contributed by atoms with E-state index in [1.807, 2.05) is 0 Å². The Kier molecular flexibility index (Phi) is 13.3. The Labute approximate surface area is 113 Å². The van der Waals surface area contributed by atoms with Crippen LogP contribution < -0.4 is 22.9 Å². The lowest BCUT2D eigenvalue weighted by Crippen LogP contribution is -2.04. The van der Waals surface area contributed by atoms with Crippen LogP contribution in [0.15, 0.2) is 22.7 Å². The van der Waals surface area contributed by atoms with Crippen LogP contribution in [0.25, 0.3) is 0 Å². The molecule has 1 aromatic rings. The minimum atomic E-state index is 0.266. The summed E-state index contributed by atoms with van der Waals surface area (Å²) in [6.07, 6.45) is 2.25. The average molecular weight is 305 g/mol. The molecule has 0 spiro atoms. The smallest absolute Gasteiger partial charge is 0.0301 e. The molecule has 0 bridgehead atoms. The van der Waals surface area contributed by atoms with Crippen molar-refractivity contribution in [2.75, 3.05) is 21.1 Å². The van der Waals surface area contributed by atoms with Crippen LogP contribution in [0.4, 0.5) is 0 Å². The highest BCUT2D eigenvalue weighted by atomic mass is 79.9. The van der Waals surface area contributed by atoms with Gasteiger partial charge in [0.05, 0.1) is 0 Å². The van der Waals surface area contributed by atoms with Crippen molar-refractivity contribution in [3.05, 3.63) is 33.8 Å². The number of halogens is 1. The van der Waals surface area contributed by atoms with Crippen molar-refractivity contribution >= 4 is 15.9 Å².